The third-order valence-electron chi connectivity index (χ3n) is 2.92. The molecule has 0 saturated heterocycles. The molecule has 0 spiro atoms. The van der Waals surface area contributed by atoms with Crippen LogP contribution in [0.25, 0.3) is 22.3 Å². The molecule has 0 amide bonds. The fourth-order valence-corrected chi connectivity index (χ4v) is 1.97. The maximum absolute atomic E-state index is 12.0. The third kappa shape index (κ3) is 2.04. The van der Waals surface area contributed by atoms with Gasteiger partial charge in [-0.25, -0.2) is 0 Å². The molecule has 0 aliphatic carbocycles. The van der Waals surface area contributed by atoms with Gasteiger partial charge in [0.15, 0.2) is 0 Å². The van der Waals surface area contributed by atoms with E-state index >= 15 is 0 Å². The van der Waals surface area contributed by atoms with E-state index in [2.05, 4.69) is 25.6 Å². The van der Waals surface area contributed by atoms with E-state index in [0.717, 1.165) is 12.1 Å². The summed E-state index contributed by atoms with van der Waals surface area (Å²) in [4.78, 5) is 34.4. The molecule has 1 aromatic carbocycles. The average Bonchev–Trinajstić information content (AvgIpc) is 2.98. The number of H-pyrrole nitrogens is 2. The van der Waals surface area contributed by atoms with Gasteiger partial charge >= 0.3 is 11.4 Å². The van der Waals surface area contributed by atoms with Gasteiger partial charge in [-0.1, -0.05) is 0 Å². The molecule has 0 aliphatic rings. The van der Waals surface area contributed by atoms with Crippen LogP contribution in [0.1, 0.15) is 0 Å². The Morgan fingerprint density at radius 1 is 1.05 bits per heavy atom. The Morgan fingerprint density at radius 3 is 2.32 bits per heavy atom. The zero-order valence-corrected chi connectivity index (χ0v) is 10.5. The number of benzene rings is 1. The van der Waals surface area contributed by atoms with Crippen molar-refractivity contribution in [1.29, 1.82) is 0 Å². The molecule has 3 rings (SSSR count). The van der Waals surface area contributed by atoms with Crippen LogP contribution in [0, 0.1) is 20.2 Å². The predicted molar refractivity (Wildman–Crippen MR) is 71.0 cm³/mol. The lowest BCUT2D eigenvalue weighted by molar-refractivity contribution is -0.422. The fourth-order valence-electron chi connectivity index (χ4n) is 1.97. The zero-order valence-electron chi connectivity index (χ0n) is 10.5. The zero-order chi connectivity index (χ0) is 15.9. The summed E-state index contributed by atoms with van der Waals surface area (Å²) in [5.74, 6) is 0.00385. The van der Waals surface area contributed by atoms with Crippen LogP contribution in [-0.4, -0.2) is 35.5 Å². The molecule has 2 N–H and O–H groups in total. The molecular formula is C10H5N7O5. The lowest BCUT2D eigenvalue weighted by Crippen LogP contribution is -2.10. The lowest BCUT2D eigenvalue weighted by atomic mass is 10.1. The second-order valence-corrected chi connectivity index (χ2v) is 4.19. The van der Waals surface area contributed by atoms with Gasteiger partial charge < -0.3 is 4.98 Å². The van der Waals surface area contributed by atoms with Crippen LogP contribution >= 0.6 is 0 Å². The van der Waals surface area contributed by atoms with Gasteiger partial charge in [-0.2, -0.15) is 5.21 Å². The van der Waals surface area contributed by atoms with Crippen molar-refractivity contribution in [3.8, 4) is 11.4 Å². The van der Waals surface area contributed by atoms with Crippen molar-refractivity contribution < 1.29 is 9.85 Å². The summed E-state index contributed by atoms with van der Waals surface area (Å²) >= 11 is 0. The lowest BCUT2D eigenvalue weighted by Gasteiger charge is -2.01. The van der Waals surface area contributed by atoms with Gasteiger partial charge in [0, 0.05) is 17.5 Å². The van der Waals surface area contributed by atoms with Gasteiger partial charge in [-0.15, -0.1) is 10.2 Å². The monoisotopic (exact) mass is 303 g/mol. The van der Waals surface area contributed by atoms with E-state index < -0.39 is 26.8 Å². The first-order valence-corrected chi connectivity index (χ1v) is 5.71. The summed E-state index contributed by atoms with van der Waals surface area (Å²) in [5, 5.41) is 34.8. The Bertz CT molecular complexity index is 962. The predicted octanol–water partition coefficient (Wildman–Crippen LogP) is 0.525. The van der Waals surface area contributed by atoms with Crippen molar-refractivity contribution in [2.75, 3.05) is 0 Å². The number of aromatic nitrogens is 5. The molecule has 0 radical (unpaired) electrons. The number of nitrogens with zero attached hydrogens (tertiary/aromatic N) is 5. The Hall–Kier alpha value is -3.70. The molecule has 0 fully saturated rings. The largest absolute Gasteiger partial charge is 0.348 e. The number of pyridine rings is 1. The highest BCUT2D eigenvalue weighted by Gasteiger charge is 2.25. The van der Waals surface area contributed by atoms with Gasteiger partial charge in [-0.3, -0.25) is 25.0 Å². The van der Waals surface area contributed by atoms with E-state index in [1.807, 2.05) is 0 Å². The molecule has 2 heterocycles. The Kier molecular flexibility index (Phi) is 2.83. The normalized spacial score (nSPS) is 10.7. The minimum Gasteiger partial charge on any atom is -0.321 e. The highest BCUT2D eigenvalue weighted by molar-refractivity contribution is 5.87. The van der Waals surface area contributed by atoms with Gasteiger partial charge in [0.1, 0.15) is 0 Å². The fraction of sp³-hybridized carbons (Fsp3) is 0. The Labute approximate surface area is 119 Å². The van der Waals surface area contributed by atoms with Crippen LogP contribution < -0.4 is 5.56 Å². The third-order valence-corrected chi connectivity index (χ3v) is 2.92. The maximum atomic E-state index is 12.0. The topological polar surface area (TPSA) is 174 Å². The molecule has 22 heavy (non-hydrogen) atoms. The standard InChI is InChI=1S/C10H5N7O5/c18-10-5(9-12-14-15-13-9)1-4-2-7(16(19)20)8(17(21)22)3-6(4)11-10/h1-3H,(H,11,18)(H,12,13,14,15). The molecule has 110 valence electrons. The second-order valence-electron chi connectivity index (χ2n) is 4.19. The van der Waals surface area contributed by atoms with Crippen molar-refractivity contribution in [2.24, 2.45) is 0 Å². The van der Waals surface area contributed by atoms with Gasteiger partial charge in [0.25, 0.3) is 5.56 Å². The van der Waals surface area contributed by atoms with Gasteiger partial charge in [-0.05, 0) is 11.3 Å². The summed E-state index contributed by atoms with van der Waals surface area (Å²) in [5.41, 5.74) is -1.86. The number of fused-ring (bicyclic) bond motifs is 1. The maximum Gasteiger partial charge on any atom is 0.348 e. The minimum absolute atomic E-state index is 0.00385. The van der Waals surface area contributed by atoms with Crippen molar-refractivity contribution >= 4 is 22.3 Å². The molecule has 12 nitrogen and oxygen atoms in total. The molecule has 0 bridgehead atoms. The molecule has 0 aliphatic heterocycles. The van der Waals surface area contributed by atoms with E-state index in [-0.39, 0.29) is 22.3 Å². The van der Waals surface area contributed by atoms with E-state index in [1.54, 1.807) is 0 Å². The molecule has 0 unspecified atom stereocenters. The number of aromatic amines is 2. The quantitative estimate of drug-likeness (QED) is 0.520. The molecule has 0 atom stereocenters. The van der Waals surface area contributed by atoms with E-state index in [4.69, 9.17) is 0 Å². The number of nitro groups is 2. The summed E-state index contributed by atoms with van der Waals surface area (Å²) in [6.07, 6.45) is 0. The van der Waals surface area contributed by atoms with Crippen molar-refractivity contribution in [1.82, 2.24) is 25.6 Å². The summed E-state index contributed by atoms with van der Waals surface area (Å²) in [7, 11) is 0. The first-order chi connectivity index (χ1) is 10.5. The summed E-state index contributed by atoms with van der Waals surface area (Å²) < 4.78 is 0. The van der Waals surface area contributed by atoms with E-state index in [1.165, 1.54) is 6.07 Å². The first kappa shape index (κ1) is 13.3. The highest BCUT2D eigenvalue weighted by Crippen LogP contribution is 2.31. The van der Waals surface area contributed by atoms with Crippen molar-refractivity contribution in [3.05, 3.63) is 48.8 Å². The first-order valence-electron chi connectivity index (χ1n) is 5.71. The average molecular weight is 303 g/mol. The number of rotatable bonds is 3. The molecule has 0 saturated carbocycles. The number of nitro benzene ring substituents is 2. The second kappa shape index (κ2) is 4.69. The van der Waals surface area contributed by atoms with Crippen LogP contribution in [0.15, 0.2) is 23.0 Å². The van der Waals surface area contributed by atoms with Gasteiger partial charge in [0.2, 0.25) is 5.82 Å². The Balaban J connectivity index is 2.33. The van der Waals surface area contributed by atoms with Crippen LogP contribution in [0.5, 0.6) is 0 Å². The smallest absolute Gasteiger partial charge is 0.321 e. The van der Waals surface area contributed by atoms with Crippen molar-refractivity contribution in [2.45, 2.75) is 0 Å². The number of nitrogens with one attached hydrogen (secondary N) is 2. The Morgan fingerprint density at radius 2 is 1.73 bits per heavy atom. The minimum atomic E-state index is -0.886. The van der Waals surface area contributed by atoms with E-state index in [0.29, 0.717) is 0 Å². The number of hydrogen-bond acceptors (Lipinski definition) is 8. The van der Waals surface area contributed by atoms with Crippen LogP contribution in [0.3, 0.4) is 0 Å². The molecule has 3 aromatic rings. The van der Waals surface area contributed by atoms with E-state index in [9.17, 15) is 25.0 Å². The number of tetrazole rings is 1. The van der Waals surface area contributed by atoms with Crippen LogP contribution in [0.4, 0.5) is 11.4 Å². The van der Waals surface area contributed by atoms with Crippen LogP contribution in [-0.2, 0) is 0 Å². The molecule has 2 aromatic heterocycles. The number of hydrogen-bond donors (Lipinski definition) is 2. The summed E-state index contributed by atoms with van der Waals surface area (Å²) in [6.45, 7) is 0. The van der Waals surface area contributed by atoms with Crippen molar-refractivity contribution in [3.63, 3.8) is 0 Å². The molecular weight excluding hydrogens is 298 g/mol. The van der Waals surface area contributed by atoms with Crippen LogP contribution in [0.2, 0.25) is 0 Å². The summed E-state index contributed by atoms with van der Waals surface area (Å²) in [6, 6.07) is 3.25. The highest BCUT2D eigenvalue weighted by atomic mass is 16.6. The molecule has 12 heteroatoms. The SMILES string of the molecule is O=c1[nH]c2cc([N+](=O)[O-])c([N+](=O)[O-])cc2cc1-c1nn[nH]n1. The van der Waals surface area contributed by atoms with Gasteiger partial charge in [0.05, 0.1) is 20.9 Å².